The molecule has 1 atom stereocenters. The molecule has 0 radical (unpaired) electrons. The van der Waals surface area contributed by atoms with Crippen molar-refractivity contribution in [3.63, 3.8) is 0 Å². The van der Waals surface area contributed by atoms with Crippen molar-refractivity contribution >= 4 is 33.2 Å². The fourth-order valence-corrected chi connectivity index (χ4v) is 6.70. The number of hydrogen-bond acceptors (Lipinski definition) is 2. The highest BCUT2D eigenvalue weighted by atomic mass is 15.0. The molecule has 51 heavy (non-hydrogen) atoms. The maximum atomic E-state index is 6.57. The first-order valence-corrected chi connectivity index (χ1v) is 17.2. The predicted molar refractivity (Wildman–Crippen MR) is 214 cm³/mol. The van der Waals surface area contributed by atoms with E-state index in [1.54, 1.807) is 0 Å². The molecule has 4 nitrogen and oxygen atoms in total. The first-order valence-electron chi connectivity index (χ1n) is 17.2. The Hall–Kier alpha value is -6.65. The average molecular weight is 657 g/mol. The van der Waals surface area contributed by atoms with Gasteiger partial charge >= 0.3 is 0 Å². The lowest BCUT2D eigenvalue weighted by atomic mass is 9.89. The molecule has 244 valence electrons. The van der Waals surface area contributed by atoms with Crippen LogP contribution in [-0.4, -0.2) is 16.7 Å². The summed E-state index contributed by atoms with van der Waals surface area (Å²) in [7, 11) is 0. The van der Waals surface area contributed by atoms with Gasteiger partial charge in [-0.3, -0.25) is 9.98 Å². The van der Waals surface area contributed by atoms with E-state index in [0.29, 0.717) is 11.7 Å². The predicted octanol–water partition coefficient (Wildman–Crippen LogP) is 11.3. The normalized spacial score (nSPS) is 12.6. The van der Waals surface area contributed by atoms with Crippen molar-refractivity contribution in [2.24, 2.45) is 15.7 Å². The molecule has 0 amide bonds. The largest absolute Gasteiger partial charge is 0.383 e. The smallest absolute Gasteiger partial charge is 0.157 e. The second-order valence-corrected chi connectivity index (χ2v) is 12.7. The Balaban J connectivity index is 1.32. The Kier molecular flexibility index (Phi) is 8.72. The number of hydrogen-bond donors (Lipinski definition) is 1. The fraction of sp³-hybridized carbons (Fsp3) is 0.0426. The van der Waals surface area contributed by atoms with Crippen LogP contribution in [0.15, 0.2) is 192 Å². The molecule has 4 heteroatoms. The van der Waals surface area contributed by atoms with Crippen LogP contribution in [0.4, 0.5) is 0 Å². The Labute approximate surface area is 298 Å². The lowest BCUT2D eigenvalue weighted by Gasteiger charge is -2.17. The molecule has 2 N–H and O–H groups in total. The third-order valence-electron chi connectivity index (χ3n) is 9.32. The van der Waals surface area contributed by atoms with E-state index in [1.807, 2.05) is 85.1 Å². The number of pyridine rings is 1. The van der Waals surface area contributed by atoms with Gasteiger partial charge in [0.05, 0.1) is 11.7 Å². The quantitative estimate of drug-likeness (QED) is 0.105. The second-order valence-electron chi connectivity index (χ2n) is 12.7. The standard InChI is InChI=1S/C47H36N4/c1-32(50-47(34-17-6-3-7-18-34)51-46(48)33-15-4-2-5-16-33)38-28-39(35-20-14-21-37(27-35)45-25-12-13-26-49-45)30-40(29-38)44-31-36-19-8-9-22-41(36)42-23-10-11-24-43(42)44/h2-32H,1H3,(H2,48,50,51). The van der Waals surface area contributed by atoms with Crippen molar-refractivity contribution < 1.29 is 0 Å². The topological polar surface area (TPSA) is 63.6 Å². The van der Waals surface area contributed by atoms with Crippen LogP contribution in [0.25, 0.3) is 55.1 Å². The Bertz CT molecular complexity index is 2540. The van der Waals surface area contributed by atoms with Gasteiger partial charge in [0.2, 0.25) is 0 Å². The molecule has 1 unspecified atom stereocenters. The third kappa shape index (κ3) is 6.68. The summed E-state index contributed by atoms with van der Waals surface area (Å²) in [6.07, 6.45) is 1.84. The van der Waals surface area contributed by atoms with Crippen LogP contribution < -0.4 is 5.73 Å². The highest BCUT2D eigenvalue weighted by Gasteiger charge is 2.16. The molecule has 0 aliphatic heterocycles. The van der Waals surface area contributed by atoms with Gasteiger partial charge in [-0.15, -0.1) is 0 Å². The number of rotatable bonds is 7. The summed E-state index contributed by atoms with van der Waals surface area (Å²) in [6.45, 7) is 2.13. The highest BCUT2D eigenvalue weighted by Crippen LogP contribution is 2.39. The summed E-state index contributed by atoms with van der Waals surface area (Å²) < 4.78 is 0. The number of aromatic nitrogens is 1. The second kappa shape index (κ2) is 14.1. The molecule has 0 spiro atoms. The zero-order chi connectivity index (χ0) is 34.6. The summed E-state index contributed by atoms with van der Waals surface area (Å²) in [5.74, 6) is 1.01. The first-order chi connectivity index (χ1) is 25.1. The number of benzene rings is 7. The van der Waals surface area contributed by atoms with Crippen LogP contribution in [0.5, 0.6) is 0 Å². The number of nitrogens with zero attached hydrogens (tertiary/aromatic N) is 3. The van der Waals surface area contributed by atoms with Gasteiger partial charge in [-0.2, -0.15) is 0 Å². The van der Waals surface area contributed by atoms with Gasteiger partial charge in [-0.25, -0.2) is 4.99 Å². The zero-order valence-corrected chi connectivity index (χ0v) is 28.3. The van der Waals surface area contributed by atoms with E-state index in [1.165, 1.54) is 27.1 Å². The van der Waals surface area contributed by atoms with Gasteiger partial charge in [0.15, 0.2) is 5.84 Å². The average Bonchev–Trinajstić information content (AvgIpc) is 3.21. The molecule has 0 saturated heterocycles. The summed E-state index contributed by atoms with van der Waals surface area (Å²) in [4.78, 5) is 14.8. The number of amidine groups is 2. The van der Waals surface area contributed by atoms with Crippen LogP contribution in [-0.2, 0) is 0 Å². The maximum absolute atomic E-state index is 6.57. The molecule has 1 heterocycles. The van der Waals surface area contributed by atoms with E-state index in [9.17, 15) is 0 Å². The van der Waals surface area contributed by atoms with E-state index in [-0.39, 0.29) is 6.04 Å². The summed E-state index contributed by atoms with van der Waals surface area (Å²) >= 11 is 0. The van der Waals surface area contributed by atoms with Gasteiger partial charge in [0.1, 0.15) is 5.84 Å². The highest BCUT2D eigenvalue weighted by molar-refractivity contribution is 6.14. The van der Waals surface area contributed by atoms with Gasteiger partial charge in [-0.05, 0) is 98.8 Å². The van der Waals surface area contributed by atoms with Gasteiger partial charge < -0.3 is 5.73 Å². The Morgan fingerprint density at radius 3 is 1.92 bits per heavy atom. The lowest BCUT2D eigenvalue weighted by Crippen LogP contribution is -2.16. The van der Waals surface area contributed by atoms with Gasteiger partial charge in [0, 0.05) is 22.9 Å². The van der Waals surface area contributed by atoms with Crippen molar-refractivity contribution in [3.8, 4) is 33.5 Å². The molecular weight excluding hydrogens is 621 g/mol. The molecule has 0 saturated carbocycles. The van der Waals surface area contributed by atoms with E-state index in [0.717, 1.165) is 44.6 Å². The molecular formula is C47H36N4. The molecule has 0 aliphatic carbocycles. The molecule has 8 rings (SSSR count). The minimum absolute atomic E-state index is 0.239. The van der Waals surface area contributed by atoms with Crippen molar-refractivity contribution in [1.29, 1.82) is 0 Å². The van der Waals surface area contributed by atoms with Crippen molar-refractivity contribution in [2.75, 3.05) is 0 Å². The number of aliphatic imine (C=N–C) groups is 2. The molecule has 0 bridgehead atoms. The number of nitrogens with two attached hydrogens (primary N) is 1. The molecule has 7 aromatic carbocycles. The van der Waals surface area contributed by atoms with Crippen LogP contribution in [0, 0.1) is 0 Å². The molecule has 0 aliphatic rings. The van der Waals surface area contributed by atoms with Crippen LogP contribution in [0.3, 0.4) is 0 Å². The van der Waals surface area contributed by atoms with Crippen LogP contribution >= 0.6 is 0 Å². The van der Waals surface area contributed by atoms with Crippen molar-refractivity contribution in [3.05, 3.63) is 199 Å². The monoisotopic (exact) mass is 656 g/mol. The van der Waals surface area contributed by atoms with E-state index in [4.69, 9.17) is 15.7 Å². The SMILES string of the molecule is CC(N=C(N=C(N)c1ccccc1)c1ccccc1)c1cc(-c2cccc(-c3ccccn3)c2)cc(-c2cc3ccccc3c3ccccc23)c1. The van der Waals surface area contributed by atoms with Gasteiger partial charge in [0.25, 0.3) is 0 Å². The molecule has 1 aromatic heterocycles. The number of fused-ring (bicyclic) bond motifs is 3. The Morgan fingerprint density at radius 1 is 0.529 bits per heavy atom. The van der Waals surface area contributed by atoms with E-state index in [2.05, 4.69) is 109 Å². The zero-order valence-electron chi connectivity index (χ0n) is 28.3. The minimum atomic E-state index is -0.239. The Morgan fingerprint density at radius 2 is 1.16 bits per heavy atom. The third-order valence-corrected chi connectivity index (χ3v) is 9.32. The first kappa shape index (κ1) is 31.6. The van der Waals surface area contributed by atoms with Crippen molar-refractivity contribution in [2.45, 2.75) is 13.0 Å². The van der Waals surface area contributed by atoms with E-state index < -0.39 is 0 Å². The molecule has 0 fully saturated rings. The summed E-state index contributed by atoms with van der Waals surface area (Å²) in [6, 6.07) is 60.7. The maximum Gasteiger partial charge on any atom is 0.157 e. The molecule has 8 aromatic rings. The van der Waals surface area contributed by atoms with E-state index >= 15 is 0 Å². The van der Waals surface area contributed by atoms with Crippen LogP contribution in [0.2, 0.25) is 0 Å². The van der Waals surface area contributed by atoms with Crippen LogP contribution in [0.1, 0.15) is 29.7 Å². The van der Waals surface area contributed by atoms with Crippen molar-refractivity contribution in [1.82, 2.24) is 4.98 Å². The summed E-state index contributed by atoms with van der Waals surface area (Å²) in [5.41, 5.74) is 15.9. The van der Waals surface area contributed by atoms with Gasteiger partial charge in [-0.1, -0.05) is 133 Å². The summed E-state index contributed by atoms with van der Waals surface area (Å²) in [5, 5.41) is 4.90. The lowest BCUT2D eigenvalue weighted by molar-refractivity contribution is 0.819. The fourth-order valence-electron chi connectivity index (χ4n) is 6.70. The minimum Gasteiger partial charge on any atom is -0.383 e.